The van der Waals surface area contributed by atoms with Crippen molar-refractivity contribution in [1.29, 1.82) is 0 Å². The lowest BCUT2D eigenvalue weighted by atomic mass is 9.94. The number of likely N-dealkylation sites (tertiary alicyclic amines) is 1. The topological polar surface area (TPSA) is 32.7 Å². The summed E-state index contributed by atoms with van der Waals surface area (Å²) in [5, 5.41) is 9.84. The number of rotatable bonds is 2. The first-order valence-corrected chi connectivity index (χ1v) is 5.57. The third-order valence-electron chi connectivity index (χ3n) is 3.40. The van der Waals surface area contributed by atoms with E-state index in [1.165, 1.54) is 12.8 Å². The minimum atomic E-state index is -0.583. The molecule has 0 aromatic carbocycles. The molecule has 0 bridgehead atoms. The quantitative estimate of drug-likeness (QED) is 0.720. The van der Waals surface area contributed by atoms with E-state index in [9.17, 15) is 5.11 Å². The van der Waals surface area contributed by atoms with Gasteiger partial charge in [0.05, 0.1) is 12.2 Å². The number of nitrogens with zero attached hydrogens (tertiary/aromatic N) is 1. The zero-order valence-electron chi connectivity index (χ0n) is 9.25. The van der Waals surface area contributed by atoms with Crippen LogP contribution in [0.2, 0.25) is 0 Å². The van der Waals surface area contributed by atoms with Gasteiger partial charge in [0.25, 0.3) is 0 Å². The Balaban J connectivity index is 2.03. The van der Waals surface area contributed by atoms with E-state index in [2.05, 4.69) is 4.90 Å². The first kappa shape index (κ1) is 10.4. The Labute approximate surface area is 86.0 Å². The summed E-state index contributed by atoms with van der Waals surface area (Å²) in [6.07, 6.45) is 3.63. The lowest BCUT2D eigenvalue weighted by molar-refractivity contribution is 0.00301. The number of hydrogen-bond donors (Lipinski definition) is 1. The predicted octanol–water partition coefficient (Wildman–Crippen LogP) is 1.01. The molecule has 2 aliphatic rings. The smallest absolute Gasteiger partial charge is 0.0718 e. The summed E-state index contributed by atoms with van der Waals surface area (Å²) in [6.45, 7) is 7.42. The number of ether oxygens (including phenoxy) is 1. The van der Waals surface area contributed by atoms with Crippen molar-refractivity contribution < 1.29 is 9.84 Å². The van der Waals surface area contributed by atoms with Crippen LogP contribution in [0.1, 0.15) is 33.1 Å². The van der Waals surface area contributed by atoms with Crippen LogP contribution in [0.3, 0.4) is 0 Å². The van der Waals surface area contributed by atoms with Gasteiger partial charge in [0, 0.05) is 18.7 Å². The van der Waals surface area contributed by atoms with Gasteiger partial charge in [-0.3, -0.25) is 4.90 Å². The highest BCUT2D eigenvalue weighted by Crippen LogP contribution is 2.37. The van der Waals surface area contributed by atoms with E-state index in [-0.39, 0.29) is 5.54 Å². The second-order valence-electron chi connectivity index (χ2n) is 5.36. The average Bonchev–Trinajstić information content (AvgIpc) is 2.62. The number of β-amino-alcohol motifs (C(OH)–C–C–N with tert-alkyl or cyclic N) is 1. The molecular weight excluding hydrogens is 178 g/mol. The molecule has 2 saturated heterocycles. The highest BCUT2D eigenvalue weighted by molar-refractivity contribution is 4.99. The summed E-state index contributed by atoms with van der Waals surface area (Å²) in [4.78, 5) is 2.43. The summed E-state index contributed by atoms with van der Waals surface area (Å²) in [5.41, 5.74) is -0.320. The molecule has 2 heterocycles. The fourth-order valence-electron chi connectivity index (χ4n) is 2.75. The summed E-state index contributed by atoms with van der Waals surface area (Å²) >= 11 is 0. The molecule has 2 rings (SSSR count). The molecule has 1 unspecified atom stereocenters. The molecule has 1 N–H and O–H groups in total. The third-order valence-corrected chi connectivity index (χ3v) is 3.40. The first-order chi connectivity index (χ1) is 6.52. The maximum Gasteiger partial charge on any atom is 0.0718 e. The van der Waals surface area contributed by atoms with Crippen molar-refractivity contribution in [2.45, 2.75) is 44.2 Å². The van der Waals surface area contributed by atoms with Crippen LogP contribution in [0.5, 0.6) is 0 Å². The van der Waals surface area contributed by atoms with E-state index >= 15 is 0 Å². The van der Waals surface area contributed by atoms with Gasteiger partial charge in [-0.1, -0.05) is 0 Å². The summed E-state index contributed by atoms with van der Waals surface area (Å²) in [7, 11) is 0. The lowest BCUT2D eigenvalue weighted by Crippen LogP contribution is -2.50. The highest BCUT2D eigenvalue weighted by Gasteiger charge is 2.45. The molecular formula is C11H21NO2. The van der Waals surface area contributed by atoms with Crippen molar-refractivity contribution in [3.05, 3.63) is 0 Å². The number of hydrogen-bond acceptors (Lipinski definition) is 3. The minimum Gasteiger partial charge on any atom is -0.389 e. The maximum absolute atomic E-state index is 9.84. The van der Waals surface area contributed by atoms with E-state index in [0.717, 1.165) is 32.7 Å². The van der Waals surface area contributed by atoms with Gasteiger partial charge in [-0.2, -0.15) is 0 Å². The summed E-state index contributed by atoms with van der Waals surface area (Å²) < 4.78 is 5.50. The van der Waals surface area contributed by atoms with Gasteiger partial charge in [-0.25, -0.2) is 0 Å². The van der Waals surface area contributed by atoms with Crippen LogP contribution >= 0.6 is 0 Å². The summed E-state index contributed by atoms with van der Waals surface area (Å²) in [6, 6.07) is 0. The van der Waals surface area contributed by atoms with Gasteiger partial charge in [0.1, 0.15) is 0 Å². The lowest BCUT2D eigenvalue weighted by Gasteiger charge is -2.37. The van der Waals surface area contributed by atoms with Crippen molar-refractivity contribution in [1.82, 2.24) is 4.90 Å². The Bertz CT molecular complexity index is 198. The molecule has 2 aliphatic heterocycles. The van der Waals surface area contributed by atoms with Gasteiger partial charge < -0.3 is 9.84 Å². The first-order valence-electron chi connectivity index (χ1n) is 5.57. The van der Waals surface area contributed by atoms with Crippen molar-refractivity contribution in [2.24, 2.45) is 0 Å². The molecule has 0 aromatic heterocycles. The van der Waals surface area contributed by atoms with Crippen LogP contribution in [0, 0.1) is 0 Å². The van der Waals surface area contributed by atoms with Crippen LogP contribution in [-0.4, -0.2) is 47.4 Å². The Morgan fingerprint density at radius 2 is 2.21 bits per heavy atom. The normalized spacial score (nSPS) is 34.5. The molecule has 2 fully saturated rings. The fourth-order valence-corrected chi connectivity index (χ4v) is 2.75. The van der Waals surface area contributed by atoms with Gasteiger partial charge in [-0.05, 0) is 39.7 Å². The van der Waals surface area contributed by atoms with Crippen LogP contribution < -0.4 is 0 Å². The Hall–Kier alpha value is -0.120. The zero-order chi connectivity index (χ0) is 10.2. The molecule has 0 radical (unpaired) electrons. The van der Waals surface area contributed by atoms with E-state index in [1.54, 1.807) is 0 Å². The third kappa shape index (κ3) is 1.95. The van der Waals surface area contributed by atoms with Crippen molar-refractivity contribution >= 4 is 0 Å². The number of aliphatic hydroxyl groups is 1. The van der Waals surface area contributed by atoms with E-state index in [0.29, 0.717) is 0 Å². The molecule has 0 aromatic rings. The summed E-state index contributed by atoms with van der Waals surface area (Å²) in [5.74, 6) is 0. The molecule has 14 heavy (non-hydrogen) atoms. The van der Waals surface area contributed by atoms with Crippen LogP contribution in [-0.2, 0) is 4.74 Å². The van der Waals surface area contributed by atoms with Crippen molar-refractivity contribution in [3.63, 3.8) is 0 Å². The molecule has 0 saturated carbocycles. The minimum absolute atomic E-state index is 0.264. The van der Waals surface area contributed by atoms with Crippen LogP contribution in [0.25, 0.3) is 0 Å². The Kier molecular flexibility index (Phi) is 2.58. The van der Waals surface area contributed by atoms with Crippen molar-refractivity contribution in [3.8, 4) is 0 Å². The van der Waals surface area contributed by atoms with E-state index in [1.807, 2.05) is 13.8 Å². The van der Waals surface area contributed by atoms with Crippen LogP contribution in [0.4, 0.5) is 0 Å². The SMILES string of the molecule is CC(C)(O)CN1CCCC12CCOC2. The van der Waals surface area contributed by atoms with Crippen molar-refractivity contribution in [2.75, 3.05) is 26.3 Å². The molecule has 0 amide bonds. The molecule has 3 nitrogen and oxygen atoms in total. The highest BCUT2D eigenvalue weighted by atomic mass is 16.5. The van der Waals surface area contributed by atoms with Crippen LogP contribution in [0.15, 0.2) is 0 Å². The largest absolute Gasteiger partial charge is 0.389 e. The molecule has 1 spiro atoms. The van der Waals surface area contributed by atoms with Gasteiger partial charge >= 0.3 is 0 Å². The van der Waals surface area contributed by atoms with Gasteiger partial charge in [0.15, 0.2) is 0 Å². The molecule has 1 atom stereocenters. The van der Waals surface area contributed by atoms with E-state index < -0.39 is 5.60 Å². The average molecular weight is 199 g/mol. The second kappa shape index (κ2) is 3.47. The molecule has 82 valence electrons. The van der Waals surface area contributed by atoms with Gasteiger partial charge in [0.2, 0.25) is 0 Å². The maximum atomic E-state index is 9.84. The fraction of sp³-hybridized carbons (Fsp3) is 1.00. The van der Waals surface area contributed by atoms with Gasteiger partial charge in [-0.15, -0.1) is 0 Å². The predicted molar refractivity (Wildman–Crippen MR) is 55.3 cm³/mol. The standard InChI is InChI=1S/C11H21NO2/c1-10(2,13)8-12-6-3-4-11(12)5-7-14-9-11/h13H,3-9H2,1-2H3. The molecule has 3 heteroatoms. The molecule has 0 aliphatic carbocycles. The zero-order valence-corrected chi connectivity index (χ0v) is 9.25. The van der Waals surface area contributed by atoms with E-state index in [4.69, 9.17) is 4.74 Å². The Morgan fingerprint density at radius 1 is 1.43 bits per heavy atom. The monoisotopic (exact) mass is 199 g/mol. The second-order valence-corrected chi connectivity index (χ2v) is 5.36. The Morgan fingerprint density at radius 3 is 2.79 bits per heavy atom.